The second kappa shape index (κ2) is 11.7. The van der Waals surface area contributed by atoms with Crippen LogP contribution in [-0.2, 0) is 29.3 Å². The molecule has 0 saturated carbocycles. The third-order valence-corrected chi connectivity index (χ3v) is 7.30. The van der Waals surface area contributed by atoms with Gasteiger partial charge in [0.25, 0.3) is 0 Å². The number of hydrogen-bond donors (Lipinski definition) is 0. The van der Waals surface area contributed by atoms with Crippen LogP contribution in [0.3, 0.4) is 0 Å². The average Bonchev–Trinajstić information content (AvgIpc) is 3.33. The van der Waals surface area contributed by atoms with Gasteiger partial charge in [-0.2, -0.15) is 0 Å². The van der Waals surface area contributed by atoms with Gasteiger partial charge in [0.1, 0.15) is 11.7 Å². The number of benzene rings is 3. The zero-order valence-electron chi connectivity index (χ0n) is 22.9. The maximum Gasteiger partial charge on any atom is 0.159 e. The molecular formula is C33H40O5. The number of rotatable bonds is 9. The van der Waals surface area contributed by atoms with Gasteiger partial charge in [0.2, 0.25) is 0 Å². The monoisotopic (exact) mass is 516 g/mol. The summed E-state index contributed by atoms with van der Waals surface area (Å²) in [6.07, 6.45) is 0.644. The first-order chi connectivity index (χ1) is 18.4. The van der Waals surface area contributed by atoms with Crippen molar-refractivity contribution in [3.05, 3.63) is 108 Å². The summed E-state index contributed by atoms with van der Waals surface area (Å²) < 4.78 is 32.3. The maximum absolute atomic E-state index is 7.11. The molecule has 2 aliphatic rings. The highest BCUT2D eigenvalue weighted by molar-refractivity contribution is 5.47. The highest BCUT2D eigenvalue weighted by atomic mass is 16.7. The molecule has 2 aliphatic heterocycles. The lowest BCUT2D eigenvalue weighted by molar-refractivity contribution is -0.280. The van der Waals surface area contributed by atoms with Crippen molar-refractivity contribution < 1.29 is 23.7 Å². The van der Waals surface area contributed by atoms with E-state index in [1.54, 1.807) is 0 Å². The van der Waals surface area contributed by atoms with Crippen LogP contribution in [0.2, 0.25) is 0 Å². The molecule has 0 aliphatic carbocycles. The molecule has 38 heavy (non-hydrogen) atoms. The van der Waals surface area contributed by atoms with Crippen molar-refractivity contribution in [2.24, 2.45) is 5.92 Å². The van der Waals surface area contributed by atoms with Crippen LogP contribution in [0.4, 0.5) is 0 Å². The van der Waals surface area contributed by atoms with E-state index < -0.39 is 5.60 Å². The van der Waals surface area contributed by atoms with Gasteiger partial charge in [-0.15, -0.1) is 0 Å². The molecule has 0 bridgehead atoms. The van der Waals surface area contributed by atoms with E-state index in [0.717, 1.165) is 29.5 Å². The van der Waals surface area contributed by atoms with Crippen LogP contribution in [0.25, 0.3) is 0 Å². The van der Waals surface area contributed by atoms with Gasteiger partial charge in [-0.3, -0.25) is 0 Å². The zero-order valence-corrected chi connectivity index (χ0v) is 22.9. The fourth-order valence-corrected chi connectivity index (χ4v) is 5.79. The topological polar surface area (TPSA) is 46.2 Å². The van der Waals surface area contributed by atoms with E-state index in [0.29, 0.717) is 13.2 Å². The molecule has 0 aromatic heterocycles. The minimum absolute atomic E-state index is 0.119. The summed E-state index contributed by atoms with van der Waals surface area (Å²) in [5.74, 6) is 0.279. The normalized spacial score (nSPS) is 25.7. The third kappa shape index (κ3) is 5.88. The molecule has 0 spiro atoms. The lowest BCUT2D eigenvalue weighted by Crippen LogP contribution is -2.49. The zero-order chi connectivity index (χ0) is 26.6. The molecule has 0 N–H and O–H groups in total. The molecule has 3 aromatic rings. The summed E-state index contributed by atoms with van der Waals surface area (Å²) in [5, 5.41) is 0. The second-order valence-electron chi connectivity index (χ2n) is 11.1. The SMILES string of the molecule is CCOC1C[C@@H]2C[C@@H](OC(C)(C)C)O[C@H](COC(c3ccccc3)(c3ccccc3)c3ccccc3)[C@@H]2O1. The summed E-state index contributed by atoms with van der Waals surface area (Å²) in [7, 11) is 0. The molecule has 5 atom stereocenters. The van der Waals surface area contributed by atoms with Crippen molar-refractivity contribution in [3.63, 3.8) is 0 Å². The molecule has 0 amide bonds. The quantitative estimate of drug-likeness (QED) is 0.297. The summed E-state index contributed by atoms with van der Waals surface area (Å²) in [6, 6.07) is 31.3. The minimum Gasteiger partial charge on any atom is -0.358 e. The second-order valence-corrected chi connectivity index (χ2v) is 11.1. The Kier molecular flexibility index (Phi) is 8.32. The molecule has 5 nitrogen and oxygen atoms in total. The van der Waals surface area contributed by atoms with Crippen molar-refractivity contribution >= 4 is 0 Å². The van der Waals surface area contributed by atoms with Crippen molar-refractivity contribution in [2.75, 3.05) is 13.2 Å². The predicted octanol–water partition coefficient (Wildman–Crippen LogP) is 6.69. The first-order valence-electron chi connectivity index (χ1n) is 13.8. The van der Waals surface area contributed by atoms with Crippen molar-refractivity contribution in [2.45, 2.75) is 76.5 Å². The van der Waals surface area contributed by atoms with Crippen LogP contribution in [-0.4, -0.2) is 43.6 Å². The minimum atomic E-state index is -0.821. The van der Waals surface area contributed by atoms with Gasteiger partial charge >= 0.3 is 0 Å². The highest BCUT2D eigenvalue weighted by Gasteiger charge is 2.49. The van der Waals surface area contributed by atoms with Crippen LogP contribution in [0, 0.1) is 5.92 Å². The Morgan fingerprint density at radius 2 is 1.21 bits per heavy atom. The van der Waals surface area contributed by atoms with Crippen LogP contribution in [0.15, 0.2) is 91.0 Å². The first kappa shape index (κ1) is 27.0. The highest BCUT2D eigenvalue weighted by Crippen LogP contribution is 2.43. The molecule has 5 rings (SSSR count). The van der Waals surface area contributed by atoms with Crippen molar-refractivity contribution in [1.82, 2.24) is 0 Å². The fourth-order valence-electron chi connectivity index (χ4n) is 5.79. The van der Waals surface area contributed by atoms with E-state index in [2.05, 4.69) is 93.6 Å². The molecule has 5 heteroatoms. The molecule has 2 fully saturated rings. The van der Waals surface area contributed by atoms with Gasteiger partial charge in [-0.1, -0.05) is 91.0 Å². The Labute approximate surface area is 227 Å². The standard InChI is InChI=1S/C33H40O5/c1-5-34-29-21-24-22-30(38-32(2,3)4)36-28(31(24)37-29)23-35-33(25-15-9-6-10-16-25,26-17-11-7-12-18-26)27-19-13-8-14-20-27/h6-20,24,28-31H,5,21-23H2,1-4H3/t24-,28-,29?,30-,31-/m1/s1. The van der Waals surface area contributed by atoms with Crippen molar-refractivity contribution in [1.29, 1.82) is 0 Å². The third-order valence-electron chi connectivity index (χ3n) is 7.30. The van der Waals surface area contributed by atoms with Gasteiger partial charge in [0.05, 0.1) is 18.3 Å². The van der Waals surface area contributed by atoms with Gasteiger partial charge in [0, 0.05) is 19.4 Å². The predicted molar refractivity (Wildman–Crippen MR) is 148 cm³/mol. The molecule has 2 saturated heterocycles. The lowest BCUT2D eigenvalue weighted by Gasteiger charge is -2.42. The van der Waals surface area contributed by atoms with Gasteiger partial charge < -0.3 is 23.7 Å². The van der Waals surface area contributed by atoms with Crippen LogP contribution in [0.1, 0.15) is 57.2 Å². The molecular weight excluding hydrogens is 476 g/mol. The molecule has 0 radical (unpaired) electrons. The Bertz CT molecular complexity index is 1030. The fraction of sp³-hybridized carbons (Fsp3) is 0.455. The summed E-state index contributed by atoms with van der Waals surface area (Å²) in [5.41, 5.74) is 2.05. The Morgan fingerprint density at radius 1 is 0.711 bits per heavy atom. The van der Waals surface area contributed by atoms with E-state index >= 15 is 0 Å². The molecule has 3 aromatic carbocycles. The van der Waals surface area contributed by atoms with Crippen LogP contribution in [0.5, 0.6) is 0 Å². The van der Waals surface area contributed by atoms with Gasteiger partial charge in [0.15, 0.2) is 12.6 Å². The number of fused-ring (bicyclic) bond motifs is 1. The lowest BCUT2D eigenvalue weighted by atomic mass is 9.80. The Morgan fingerprint density at radius 3 is 1.68 bits per heavy atom. The number of hydrogen-bond acceptors (Lipinski definition) is 5. The van der Waals surface area contributed by atoms with E-state index in [4.69, 9.17) is 23.7 Å². The average molecular weight is 517 g/mol. The van der Waals surface area contributed by atoms with E-state index in [1.807, 2.05) is 25.1 Å². The molecule has 1 unspecified atom stereocenters. The van der Waals surface area contributed by atoms with E-state index in [1.165, 1.54) is 0 Å². The molecule has 2 heterocycles. The first-order valence-corrected chi connectivity index (χ1v) is 13.8. The number of ether oxygens (including phenoxy) is 5. The maximum atomic E-state index is 7.11. The Balaban J connectivity index is 1.51. The Hall–Kier alpha value is -2.54. The van der Waals surface area contributed by atoms with Crippen molar-refractivity contribution in [3.8, 4) is 0 Å². The van der Waals surface area contributed by atoms with Crippen LogP contribution >= 0.6 is 0 Å². The summed E-state index contributed by atoms with van der Waals surface area (Å²) >= 11 is 0. The summed E-state index contributed by atoms with van der Waals surface area (Å²) in [6.45, 7) is 9.14. The van der Waals surface area contributed by atoms with E-state index in [9.17, 15) is 0 Å². The van der Waals surface area contributed by atoms with Gasteiger partial charge in [-0.05, 0) is 50.3 Å². The molecule has 202 valence electrons. The smallest absolute Gasteiger partial charge is 0.159 e. The summed E-state index contributed by atoms with van der Waals surface area (Å²) in [4.78, 5) is 0. The van der Waals surface area contributed by atoms with E-state index in [-0.39, 0.29) is 36.3 Å². The largest absolute Gasteiger partial charge is 0.358 e. The van der Waals surface area contributed by atoms with Crippen LogP contribution < -0.4 is 0 Å². The van der Waals surface area contributed by atoms with Gasteiger partial charge in [-0.25, -0.2) is 0 Å².